The molecular weight excluding hydrogens is 809 g/mol. The molecule has 3 aliphatic rings. The minimum Gasteiger partial charge on any atom is -0.361 e. The van der Waals surface area contributed by atoms with Crippen molar-refractivity contribution < 1.29 is 18.9 Å². The molecule has 1 atom stereocenters. The van der Waals surface area contributed by atoms with E-state index in [1.807, 2.05) is 43.2 Å². The summed E-state index contributed by atoms with van der Waals surface area (Å²) in [5, 5.41) is 20.2. The summed E-state index contributed by atoms with van der Waals surface area (Å²) in [5.41, 5.74) is 10.8. The summed E-state index contributed by atoms with van der Waals surface area (Å²) in [6, 6.07) is 11.7. The lowest BCUT2D eigenvalue weighted by atomic mass is 9.97. The van der Waals surface area contributed by atoms with E-state index >= 15 is 0 Å². The number of aryl methyl sites for hydroxylation is 6. The summed E-state index contributed by atoms with van der Waals surface area (Å²) in [4.78, 5) is 59.2. The number of hydrogen-bond acceptors (Lipinski definition) is 10. The fraction of sp³-hybridized carbons (Fsp3) is 0.375. The maximum absolute atomic E-state index is 13.8. The summed E-state index contributed by atoms with van der Waals surface area (Å²) in [7, 11) is 0. The van der Waals surface area contributed by atoms with Gasteiger partial charge in [0.25, 0.3) is 11.8 Å². The van der Waals surface area contributed by atoms with Crippen LogP contribution in [-0.4, -0.2) is 74.6 Å². The van der Waals surface area contributed by atoms with Gasteiger partial charge in [0.05, 0.1) is 28.8 Å². The molecule has 10 rings (SSSR count). The number of H-pyrrole nitrogens is 1. The summed E-state index contributed by atoms with van der Waals surface area (Å²) in [6.45, 7) is 14.1. The second-order valence-corrected chi connectivity index (χ2v) is 17.4. The Hall–Kier alpha value is -7.10. The van der Waals surface area contributed by atoms with E-state index in [4.69, 9.17) is 19.6 Å². The number of nitrogens with zero attached hydrogens (tertiary/aromatic N) is 8. The van der Waals surface area contributed by atoms with E-state index < -0.39 is 6.04 Å². The second-order valence-electron chi connectivity index (χ2n) is 17.4. The maximum atomic E-state index is 13.8. The number of aromatic amines is 1. The van der Waals surface area contributed by atoms with Crippen LogP contribution in [0, 0.1) is 20.8 Å². The molecule has 16 heteroatoms. The number of rotatable bonds is 15. The summed E-state index contributed by atoms with van der Waals surface area (Å²) in [6.07, 6.45) is 10.6. The van der Waals surface area contributed by atoms with Gasteiger partial charge in [-0.05, 0) is 113 Å². The maximum Gasteiger partial charge on any atom is 0.289 e. The van der Waals surface area contributed by atoms with Crippen LogP contribution in [0.25, 0.3) is 33.1 Å². The molecule has 7 heterocycles. The molecule has 5 aromatic heterocycles. The van der Waals surface area contributed by atoms with Crippen LogP contribution in [-0.2, 0) is 37.3 Å². The van der Waals surface area contributed by atoms with Gasteiger partial charge in [0.1, 0.15) is 29.1 Å². The molecule has 2 aliphatic heterocycles. The highest BCUT2D eigenvalue weighted by Crippen LogP contribution is 2.42. The van der Waals surface area contributed by atoms with Gasteiger partial charge < -0.3 is 34.9 Å². The average Bonchev–Trinajstić information content (AvgIpc) is 3.52. The van der Waals surface area contributed by atoms with E-state index in [1.165, 1.54) is 0 Å². The van der Waals surface area contributed by atoms with Crippen LogP contribution in [0.3, 0.4) is 0 Å². The lowest BCUT2D eigenvalue weighted by molar-refractivity contribution is -0.126. The highest BCUT2D eigenvalue weighted by Gasteiger charge is 2.39. The number of amides is 3. The molecular formula is C48H52N12O4. The topological polar surface area (TPSA) is 194 Å². The van der Waals surface area contributed by atoms with Crippen LogP contribution < -0.4 is 16.0 Å². The van der Waals surface area contributed by atoms with Gasteiger partial charge in [0.2, 0.25) is 11.7 Å². The first kappa shape index (κ1) is 40.9. The van der Waals surface area contributed by atoms with E-state index in [0.717, 1.165) is 111 Å². The van der Waals surface area contributed by atoms with Crippen molar-refractivity contribution in [3.05, 3.63) is 112 Å². The first-order chi connectivity index (χ1) is 31.0. The van der Waals surface area contributed by atoms with Crippen molar-refractivity contribution >= 4 is 51.3 Å². The van der Waals surface area contributed by atoms with Crippen molar-refractivity contribution in [2.24, 2.45) is 0 Å². The largest absolute Gasteiger partial charge is 0.361 e. The van der Waals surface area contributed by atoms with E-state index in [0.29, 0.717) is 67.5 Å². The van der Waals surface area contributed by atoms with Gasteiger partial charge in [-0.25, -0.2) is 19.6 Å². The van der Waals surface area contributed by atoms with Crippen molar-refractivity contribution in [3.8, 4) is 11.1 Å². The molecule has 7 aromatic rings. The fourth-order valence-corrected chi connectivity index (χ4v) is 9.37. The normalized spacial score (nSPS) is 16.3. The first-order valence-electron chi connectivity index (χ1n) is 22.3. The summed E-state index contributed by atoms with van der Waals surface area (Å²) in [5.74, 6) is 2.00. The van der Waals surface area contributed by atoms with Gasteiger partial charge in [-0.1, -0.05) is 23.9 Å². The van der Waals surface area contributed by atoms with E-state index in [9.17, 15) is 14.4 Å². The van der Waals surface area contributed by atoms with E-state index in [2.05, 4.69) is 80.3 Å². The Kier molecular flexibility index (Phi) is 10.6. The third-order valence-electron chi connectivity index (χ3n) is 12.9. The molecule has 2 fully saturated rings. The smallest absolute Gasteiger partial charge is 0.289 e. The lowest BCUT2D eigenvalue weighted by Gasteiger charge is -2.31. The fourth-order valence-electron chi connectivity index (χ4n) is 9.37. The Morgan fingerprint density at radius 1 is 1.03 bits per heavy atom. The van der Waals surface area contributed by atoms with E-state index in [-0.39, 0.29) is 23.5 Å². The lowest BCUT2D eigenvalue weighted by Crippen LogP contribution is -2.49. The van der Waals surface area contributed by atoms with Gasteiger partial charge in [0, 0.05) is 78.5 Å². The molecule has 64 heavy (non-hydrogen) atoms. The Bertz CT molecular complexity index is 2980. The minimum absolute atomic E-state index is 0.0478. The molecule has 1 unspecified atom stereocenters. The number of hydrogen-bond donors (Lipinski definition) is 4. The molecule has 1 saturated heterocycles. The molecule has 0 bridgehead atoms. The van der Waals surface area contributed by atoms with Crippen molar-refractivity contribution in [2.45, 2.75) is 111 Å². The number of fused-ring (bicyclic) bond motifs is 4. The monoisotopic (exact) mass is 860 g/mol. The molecule has 1 aliphatic carbocycles. The number of imidazole rings is 1. The van der Waals surface area contributed by atoms with Gasteiger partial charge in [-0.3, -0.25) is 14.4 Å². The summed E-state index contributed by atoms with van der Waals surface area (Å²) < 4.78 is 9.53. The predicted molar refractivity (Wildman–Crippen MR) is 242 cm³/mol. The van der Waals surface area contributed by atoms with Crippen LogP contribution in [0.1, 0.15) is 112 Å². The average molecular weight is 861 g/mol. The van der Waals surface area contributed by atoms with Gasteiger partial charge >= 0.3 is 0 Å². The van der Waals surface area contributed by atoms with Crippen LogP contribution in [0.4, 0.5) is 11.6 Å². The number of carbonyl (C=O) groups is 3. The molecule has 4 N–H and O–H groups in total. The van der Waals surface area contributed by atoms with Gasteiger partial charge in [0.15, 0.2) is 0 Å². The van der Waals surface area contributed by atoms with Crippen LogP contribution >= 0.6 is 0 Å². The highest BCUT2D eigenvalue weighted by molar-refractivity contribution is 6.13. The molecule has 0 spiro atoms. The molecule has 328 valence electrons. The number of piperidine rings is 1. The molecule has 0 radical (unpaired) electrons. The number of anilines is 2. The standard InChI is InChI=1S/C48H52N12O4/c1-6-60-40(22-37(56-60)31-14-15-31)53-44-42-35-20-26(2)34(41-28(4)57-64-29(41)5)21-38(35)52-43(42)54-45(55-44)47(62)49-18-17-32-23-58(25-50-32)19-8-7-10-30-11-9-12-33-36(30)24-59(48(33)63)39-16-13-27(3)51-46(39)61/h9,11-12,20-23,25,31,39H,3,6-8,10,13-19,24H2,1-2,4-5H3,(H,49,62)(H,51,61)(H2,52,53,54,55). The number of aromatic nitrogens is 8. The first-order valence-corrected chi connectivity index (χ1v) is 22.3. The van der Waals surface area contributed by atoms with Crippen molar-refractivity contribution in [3.63, 3.8) is 0 Å². The number of nitrogens with one attached hydrogen (secondary N) is 4. The molecule has 2 aromatic carbocycles. The highest BCUT2D eigenvalue weighted by atomic mass is 16.5. The Balaban J connectivity index is 0.800. The second kappa shape index (κ2) is 16.5. The van der Waals surface area contributed by atoms with Gasteiger partial charge in [-0.2, -0.15) is 5.10 Å². The number of benzene rings is 2. The Labute approximate surface area is 369 Å². The van der Waals surface area contributed by atoms with Gasteiger partial charge in [-0.15, -0.1) is 0 Å². The van der Waals surface area contributed by atoms with Crippen molar-refractivity contribution in [1.82, 2.24) is 55.0 Å². The molecule has 1 saturated carbocycles. The van der Waals surface area contributed by atoms with Crippen LogP contribution in [0.5, 0.6) is 0 Å². The predicted octanol–water partition coefficient (Wildman–Crippen LogP) is 7.47. The Morgan fingerprint density at radius 3 is 2.67 bits per heavy atom. The number of allylic oxidation sites excluding steroid dienone is 1. The Morgan fingerprint density at radius 2 is 1.89 bits per heavy atom. The zero-order chi connectivity index (χ0) is 44.2. The quantitative estimate of drug-likeness (QED) is 0.0752. The minimum atomic E-state index is -0.469. The van der Waals surface area contributed by atoms with Crippen molar-refractivity contribution in [2.75, 3.05) is 11.9 Å². The zero-order valence-corrected chi connectivity index (χ0v) is 36.7. The zero-order valence-electron chi connectivity index (χ0n) is 36.7. The van der Waals surface area contributed by atoms with Crippen molar-refractivity contribution in [1.29, 1.82) is 0 Å². The van der Waals surface area contributed by atoms with E-state index in [1.54, 1.807) is 4.90 Å². The van der Waals surface area contributed by atoms with Crippen LogP contribution in [0.15, 0.2) is 65.7 Å². The number of carbonyl (C=O) groups excluding carboxylic acids is 3. The third-order valence-corrected chi connectivity index (χ3v) is 12.9. The van der Waals surface area contributed by atoms with Crippen LogP contribution in [0.2, 0.25) is 0 Å². The third kappa shape index (κ3) is 7.70. The molecule has 16 nitrogen and oxygen atoms in total. The summed E-state index contributed by atoms with van der Waals surface area (Å²) >= 11 is 0. The number of unbranched alkanes of at least 4 members (excludes halogenated alkanes) is 1. The SMILES string of the molecule is C=C1CCC(N2Cc3c(CCCCn4cnc(CCNC(=O)c5nc(Nc6cc(C7CC7)nn6CC)c6c(n5)[nH]c5cc(-c7c(C)noc7C)c(C)cc56)c4)cccc3C2=O)C(=O)N1. The molecule has 3 amide bonds.